The van der Waals surface area contributed by atoms with E-state index >= 15 is 0 Å². The monoisotopic (exact) mass is 392 g/mol. The zero-order valence-corrected chi connectivity index (χ0v) is 14.8. The molecule has 0 bridgehead atoms. The van der Waals surface area contributed by atoms with Gasteiger partial charge in [-0.25, -0.2) is 8.78 Å². The third-order valence-corrected chi connectivity index (χ3v) is 4.24. The highest BCUT2D eigenvalue weighted by Gasteiger charge is 2.28. The van der Waals surface area contributed by atoms with Gasteiger partial charge in [0.25, 0.3) is 0 Å². The Labute approximate surface area is 159 Å². The molecule has 28 heavy (non-hydrogen) atoms. The number of hydrogen-bond acceptors (Lipinski definition) is 1. The minimum atomic E-state index is -4.42. The number of fused-ring (bicyclic) bond motifs is 1. The number of rotatable bonds is 6. The van der Waals surface area contributed by atoms with E-state index in [-0.39, 0.29) is 11.3 Å². The second kappa shape index (κ2) is 8.00. The average Bonchev–Trinajstić information content (AvgIpc) is 2.63. The number of aryl methyl sites for hydroxylation is 1. The number of alkyl halides is 3. The van der Waals surface area contributed by atoms with Crippen LogP contribution in [-0.4, -0.2) is 12.8 Å². The van der Waals surface area contributed by atoms with Gasteiger partial charge in [-0.3, -0.25) is 0 Å². The molecule has 0 aromatic heterocycles. The molecule has 0 unspecified atom stereocenters. The summed E-state index contributed by atoms with van der Waals surface area (Å²) in [7, 11) is 0. The molecule has 0 aliphatic rings. The van der Waals surface area contributed by atoms with Crippen molar-refractivity contribution in [3.63, 3.8) is 0 Å². The van der Waals surface area contributed by atoms with Crippen LogP contribution in [0.1, 0.15) is 12.0 Å². The van der Waals surface area contributed by atoms with Crippen LogP contribution in [0.2, 0.25) is 0 Å². The molecule has 0 radical (unpaired) electrons. The molecule has 0 heterocycles. The Morgan fingerprint density at radius 2 is 1.54 bits per heavy atom. The second-order valence-corrected chi connectivity index (χ2v) is 6.39. The number of halogens is 5. The van der Waals surface area contributed by atoms with Gasteiger partial charge in [-0.2, -0.15) is 13.2 Å². The molecule has 0 saturated heterocycles. The number of ether oxygens (including phenoxy) is 1. The van der Waals surface area contributed by atoms with Crippen molar-refractivity contribution in [1.82, 2.24) is 0 Å². The van der Waals surface area contributed by atoms with Crippen molar-refractivity contribution in [2.75, 3.05) is 6.61 Å². The van der Waals surface area contributed by atoms with Gasteiger partial charge in [-0.1, -0.05) is 24.3 Å². The maximum absolute atomic E-state index is 14.5. The molecule has 0 saturated carbocycles. The lowest BCUT2D eigenvalue weighted by Crippen LogP contribution is -2.19. The normalized spacial score (nSPS) is 11.6. The van der Waals surface area contributed by atoms with E-state index in [1.807, 2.05) is 0 Å². The maximum Gasteiger partial charge on any atom is 0.422 e. The standard InChI is InChI=1S/C22H17F5O/c1-2-3-4-14-9-19(23)21(20(24)10-14)17-6-5-16-12-18(8-7-15(16)11-17)28-13-22(25,26)27/h2,5-12H,1,3-4,13H2. The van der Waals surface area contributed by atoms with E-state index in [4.69, 9.17) is 4.74 Å². The van der Waals surface area contributed by atoms with Crippen molar-refractivity contribution in [3.8, 4) is 16.9 Å². The summed E-state index contributed by atoms with van der Waals surface area (Å²) in [5.74, 6) is -1.26. The molecule has 0 atom stereocenters. The maximum atomic E-state index is 14.5. The van der Waals surface area contributed by atoms with Gasteiger partial charge in [-0.15, -0.1) is 6.58 Å². The van der Waals surface area contributed by atoms with Crippen LogP contribution in [0.3, 0.4) is 0 Å². The third-order valence-electron chi connectivity index (χ3n) is 4.24. The first-order valence-electron chi connectivity index (χ1n) is 8.59. The van der Waals surface area contributed by atoms with Crippen molar-refractivity contribution >= 4 is 10.8 Å². The third kappa shape index (κ3) is 4.68. The zero-order chi connectivity index (χ0) is 20.3. The van der Waals surface area contributed by atoms with E-state index in [1.165, 1.54) is 30.3 Å². The van der Waals surface area contributed by atoms with E-state index in [0.29, 0.717) is 34.7 Å². The van der Waals surface area contributed by atoms with Crippen LogP contribution < -0.4 is 4.74 Å². The zero-order valence-electron chi connectivity index (χ0n) is 14.8. The van der Waals surface area contributed by atoms with Gasteiger partial charge < -0.3 is 4.74 Å². The van der Waals surface area contributed by atoms with Crippen LogP contribution in [0.5, 0.6) is 5.75 Å². The van der Waals surface area contributed by atoms with Crippen molar-refractivity contribution in [2.24, 2.45) is 0 Å². The quantitative estimate of drug-likeness (QED) is 0.329. The lowest BCUT2D eigenvalue weighted by molar-refractivity contribution is -0.153. The van der Waals surface area contributed by atoms with E-state index in [2.05, 4.69) is 6.58 Å². The minimum Gasteiger partial charge on any atom is -0.484 e. The predicted octanol–water partition coefficient (Wildman–Crippen LogP) is 6.84. The highest BCUT2D eigenvalue weighted by molar-refractivity contribution is 5.88. The number of benzene rings is 3. The molecular formula is C22H17F5O. The van der Waals surface area contributed by atoms with Crippen LogP contribution >= 0.6 is 0 Å². The Kier molecular flexibility index (Phi) is 5.68. The first-order chi connectivity index (χ1) is 13.3. The average molecular weight is 392 g/mol. The Balaban J connectivity index is 1.91. The largest absolute Gasteiger partial charge is 0.484 e. The summed E-state index contributed by atoms with van der Waals surface area (Å²) >= 11 is 0. The summed E-state index contributed by atoms with van der Waals surface area (Å²) in [5, 5.41) is 1.23. The molecule has 0 spiro atoms. The van der Waals surface area contributed by atoms with Gasteiger partial charge in [0.1, 0.15) is 17.4 Å². The minimum absolute atomic E-state index is 0.0708. The van der Waals surface area contributed by atoms with E-state index in [9.17, 15) is 22.0 Å². The van der Waals surface area contributed by atoms with Crippen molar-refractivity contribution in [2.45, 2.75) is 19.0 Å². The molecule has 1 nitrogen and oxygen atoms in total. The summed E-state index contributed by atoms with van der Waals surface area (Å²) < 4.78 is 70.5. The van der Waals surface area contributed by atoms with Gasteiger partial charge in [0, 0.05) is 0 Å². The van der Waals surface area contributed by atoms with Gasteiger partial charge in [0.05, 0.1) is 5.56 Å². The van der Waals surface area contributed by atoms with E-state index < -0.39 is 24.4 Å². The Bertz CT molecular complexity index is 984. The molecule has 0 fully saturated rings. The Hall–Kier alpha value is -2.89. The first kappa shape index (κ1) is 19.9. The van der Waals surface area contributed by atoms with Crippen molar-refractivity contribution in [3.05, 3.63) is 78.4 Å². The molecule has 146 valence electrons. The second-order valence-electron chi connectivity index (χ2n) is 6.39. The van der Waals surface area contributed by atoms with Crippen LogP contribution in [0.15, 0.2) is 61.2 Å². The highest BCUT2D eigenvalue weighted by Crippen LogP contribution is 2.31. The smallest absolute Gasteiger partial charge is 0.422 e. The summed E-state index contributed by atoms with van der Waals surface area (Å²) in [6.45, 7) is 2.21. The molecule has 3 aromatic carbocycles. The first-order valence-corrected chi connectivity index (χ1v) is 8.59. The summed E-state index contributed by atoms with van der Waals surface area (Å²) in [6, 6.07) is 11.7. The molecule has 0 aliphatic heterocycles. The summed E-state index contributed by atoms with van der Waals surface area (Å²) in [6.07, 6.45) is -1.63. The lowest BCUT2D eigenvalue weighted by atomic mass is 9.98. The van der Waals surface area contributed by atoms with Crippen molar-refractivity contribution < 1.29 is 26.7 Å². The highest BCUT2D eigenvalue weighted by atomic mass is 19.4. The fraction of sp³-hybridized carbons (Fsp3) is 0.182. The predicted molar refractivity (Wildman–Crippen MR) is 99.4 cm³/mol. The number of hydrogen-bond donors (Lipinski definition) is 0. The molecule has 0 aliphatic carbocycles. The molecule has 6 heteroatoms. The van der Waals surface area contributed by atoms with Gasteiger partial charge in [-0.05, 0) is 65.1 Å². The molecule has 0 N–H and O–H groups in total. The summed E-state index contributed by atoms with van der Waals surface area (Å²) in [5.41, 5.74) is 0.759. The van der Waals surface area contributed by atoms with Gasteiger partial charge >= 0.3 is 6.18 Å². The fourth-order valence-electron chi connectivity index (χ4n) is 2.95. The van der Waals surface area contributed by atoms with Gasteiger partial charge in [0.2, 0.25) is 0 Å². The molecular weight excluding hydrogens is 375 g/mol. The topological polar surface area (TPSA) is 9.23 Å². The van der Waals surface area contributed by atoms with Crippen LogP contribution in [0.4, 0.5) is 22.0 Å². The number of allylic oxidation sites excluding steroid dienone is 1. The Morgan fingerprint density at radius 3 is 2.18 bits per heavy atom. The molecule has 3 aromatic rings. The molecule has 3 rings (SSSR count). The van der Waals surface area contributed by atoms with Crippen LogP contribution in [0, 0.1) is 11.6 Å². The van der Waals surface area contributed by atoms with Crippen molar-refractivity contribution in [1.29, 1.82) is 0 Å². The Morgan fingerprint density at radius 1 is 0.893 bits per heavy atom. The fourth-order valence-corrected chi connectivity index (χ4v) is 2.95. The lowest BCUT2D eigenvalue weighted by Gasteiger charge is -2.11. The van der Waals surface area contributed by atoms with Crippen LogP contribution in [-0.2, 0) is 6.42 Å². The van der Waals surface area contributed by atoms with E-state index in [0.717, 1.165) is 0 Å². The van der Waals surface area contributed by atoms with Crippen LogP contribution in [0.25, 0.3) is 21.9 Å². The molecule has 0 amide bonds. The van der Waals surface area contributed by atoms with Gasteiger partial charge in [0.15, 0.2) is 6.61 Å². The van der Waals surface area contributed by atoms with E-state index in [1.54, 1.807) is 24.3 Å². The summed E-state index contributed by atoms with van der Waals surface area (Å²) in [4.78, 5) is 0. The SMILES string of the molecule is C=CCCc1cc(F)c(-c2ccc3cc(OCC(F)(F)F)ccc3c2)c(F)c1.